The zero-order valence-corrected chi connectivity index (χ0v) is 9.31. The summed E-state index contributed by atoms with van der Waals surface area (Å²) in [6, 6.07) is 4.62. The fourth-order valence-electron chi connectivity index (χ4n) is 0.874. The Balaban J connectivity index is 3.33. The third-order valence-corrected chi connectivity index (χ3v) is 3.51. The monoisotopic (exact) mass is 264 g/mol. The molecule has 0 saturated carbocycles. The molecule has 0 atom stereocenters. The van der Waals surface area contributed by atoms with E-state index in [2.05, 4.69) is 20.7 Å². The van der Waals surface area contributed by atoms with Crippen molar-refractivity contribution in [3.05, 3.63) is 22.7 Å². The van der Waals surface area contributed by atoms with Crippen LogP contribution in [0.5, 0.6) is 0 Å². The molecule has 0 heterocycles. The molecule has 1 rings (SSSR count). The zero-order chi connectivity index (χ0) is 10.1. The SMILES string of the molecule is CNS(=O)(=O)c1ccc(Br)cc1N. The number of nitrogens with two attached hydrogens (primary N) is 1. The summed E-state index contributed by atoms with van der Waals surface area (Å²) in [4.78, 5) is 0.0956. The largest absolute Gasteiger partial charge is 0.398 e. The lowest BCUT2D eigenvalue weighted by molar-refractivity contribution is 0.588. The van der Waals surface area contributed by atoms with Crippen molar-refractivity contribution in [1.29, 1.82) is 0 Å². The number of nitrogen functional groups attached to an aromatic ring is 1. The van der Waals surface area contributed by atoms with Crippen molar-refractivity contribution < 1.29 is 8.42 Å². The quantitative estimate of drug-likeness (QED) is 0.781. The lowest BCUT2D eigenvalue weighted by atomic mass is 10.3. The van der Waals surface area contributed by atoms with E-state index in [1.54, 1.807) is 12.1 Å². The second-order valence-corrected chi connectivity index (χ2v) is 5.16. The van der Waals surface area contributed by atoms with Gasteiger partial charge in [-0.15, -0.1) is 0 Å². The van der Waals surface area contributed by atoms with Gasteiger partial charge in [0.15, 0.2) is 0 Å². The highest BCUT2D eigenvalue weighted by atomic mass is 79.9. The summed E-state index contributed by atoms with van der Waals surface area (Å²) in [6.45, 7) is 0. The van der Waals surface area contributed by atoms with Gasteiger partial charge in [0, 0.05) is 4.47 Å². The van der Waals surface area contributed by atoms with E-state index in [0.29, 0.717) is 0 Å². The first-order chi connectivity index (χ1) is 5.97. The first-order valence-electron chi connectivity index (χ1n) is 3.46. The second-order valence-electron chi connectivity index (χ2n) is 2.39. The van der Waals surface area contributed by atoms with Gasteiger partial charge in [-0.1, -0.05) is 15.9 Å². The summed E-state index contributed by atoms with van der Waals surface area (Å²) in [6.07, 6.45) is 0. The van der Waals surface area contributed by atoms with Crippen LogP contribution in [0.1, 0.15) is 0 Å². The molecule has 6 heteroatoms. The lowest BCUT2D eigenvalue weighted by Gasteiger charge is -2.05. The van der Waals surface area contributed by atoms with Crippen molar-refractivity contribution in [3.8, 4) is 0 Å². The van der Waals surface area contributed by atoms with E-state index in [-0.39, 0.29) is 10.6 Å². The first-order valence-corrected chi connectivity index (χ1v) is 5.73. The van der Waals surface area contributed by atoms with Crippen LogP contribution in [0.2, 0.25) is 0 Å². The van der Waals surface area contributed by atoms with E-state index in [1.165, 1.54) is 13.1 Å². The number of benzene rings is 1. The average molecular weight is 265 g/mol. The molecular weight excluding hydrogens is 256 g/mol. The van der Waals surface area contributed by atoms with Gasteiger partial charge in [0.1, 0.15) is 4.90 Å². The van der Waals surface area contributed by atoms with Crippen LogP contribution in [0.4, 0.5) is 5.69 Å². The molecule has 3 N–H and O–H groups in total. The van der Waals surface area contributed by atoms with Crippen molar-refractivity contribution in [1.82, 2.24) is 4.72 Å². The fraction of sp³-hybridized carbons (Fsp3) is 0.143. The number of sulfonamides is 1. The lowest BCUT2D eigenvalue weighted by Crippen LogP contribution is -2.19. The van der Waals surface area contributed by atoms with E-state index in [9.17, 15) is 8.42 Å². The number of hydrogen-bond donors (Lipinski definition) is 2. The number of hydrogen-bond acceptors (Lipinski definition) is 3. The summed E-state index contributed by atoms with van der Waals surface area (Å²) in [5.74, 6) is 0. The molecule has 1 aromatic carbocycles. The van der Waals surface area contributed by atoms with Crippen LogP contribution in [-0.2, 0) is 10.0 Å². The highest BCUT2D eigenvalue weighted by Crippen LogP contribution is 2.22. The van der Waals surface area contributed by atoms with E-state index >= 15 is 0 Å². The molecular formula is C7H9BrN2O2S. The number of anilines is 1. The minimum atomic E-state index is -3.44. The summed E-state index contributed by atoms with van der Waals surface area (Å²) in [7, 11) is -2.10. The Kier molecular flexibility index (Phi) is 2.94. The molecule has 0 fully saturated rings. The zero-order valence-electron chi connectivity index (χ0n) is 6.91. The Morgan fingerprint density at radius 2 is 2.08 bits per heavy atom. The van der Waals surface area contributed by atoms with Crippen LogP contribution in [0.25, 0.3) is 0 Å². The molecule has 0 saturated heterocycles. The molecule has 13 heavy (non-hydrogen) atoms. The van der Waals surface area contributed by atoms with Crippen molar-refractivity contribution in [2.45, 2.75) is 4.90 Å². The molecule has 0 unspecified atom stereocenters. The molecule has 0 amide bonds. The minimum Gasteiger partial charge on any atom is -0.398 e. The molecule has 0 spiro atoms. The van der Waals surface area contributed by atoms with Crippen molar-refractivity contribution >= 4 is 31.6 Å². The predicted molar refractivity (Wildman–Crippen MR) is 54.8 cm³/mol. The minimum absolute atomic E-state index is 0.0956. The fourth-order valence-corrected chi connectivity index (χ4v) is 2.09. The van der Waals surface area contributed by atoms with Crippen LogP contribution in [-0.4, -0.2) is 15.5 Å². The molecule has 0 aliphatic carbocycles. The Labute approximate surface area is 85.3 Å². The number of halogens is 1. The molecule has 0 aliphatic heterocycles. The molecule has 0 aliphatic rings. The van der Waals surface area contributed by atoms with Crippen LogP contribution in [0.15, 0.2) is 27.6 Å². The molecule has 1 aromatic rings. The standard InChI is InChI=1S/C7H9BrN2O2S/c1-10-13(11,12)7-3-2-5(8)4-6(7)9/h2-4,10H,9H2,1H3. The molecule has 72 valence electrons. The smallest absolute Gasteiger partial charge is 0.242 e. The summed E-state index contributed by atoms with van der Waals surface area (Å²) < 4.78 is 25.6. The molecule has 0 aromatic heterocycles. The summed E-state index contributed by atoms with van der Waals surface area (Å²) >= 11 is 3.19. The summed E-state index contributed by atoms with van der Waals surface area (Å²) in [5, 5.41) is 0. The average Bonchev–Trinajstić information content (AvgIpc) is 2.03. The van der Waals surface area contributed by atoms with Gasteiger partial charge >= 0.3 is 0 Å². The normalized spacial score (nSPS) is 11.5. The molecule has 0 radical (unpaired) electrons. The van der Waals surface area contributed by atoms with E-state index < -0.39 is 10.0 Å². The Hall–Kier alpha value is -0.590. The highest BCUT2D eigenvalue weighted by molar-refractivity contribution is 9.10. The number of rotatable bonds is 2. The van der Waals surface area contributed by atoms with Crippen LogP contribution >= 0.6 is 15.9 Å². The van der Waals surface area contributed by atoms with Crippen LogP contribution < -0.4 is 10.5 Å². The maximum absolute atomic E-state index is 11.3. The maximum atomic E-state index is 11.3. The van der Waals surface area contributed by atoms with Gasteiger partial charge < -0.3 is 5.73 Å². The Morgan fingerprint density at radius 1 is 1.46 bits per heavy atom. The third-order valence-electron chi connectivity index (χ3n) is 1.53. The Bertz CT molecular complexity index is 417. The van der Waals surface area contributed by atoms with Crippen LogP contribution in [0, 0.1) is 0 Å². The third kappa shape index (κ3) is 2.20. The molecule has 4 nitrogen and oxygen atoms in total. The summed E-state index contributed by atoms with van der Waals surface area (Å²) in [5.41, 5.74) is 5.76. The van der Waals surface area contributed by atoms with Gasteiger partial charge in [0.25, 0.3) is 0 Å². The van der Waals surface area contributed by atoms with Crippen molar-refractivity contribution in [3.63, 3.8) is 0 Å². The maximum Gasteiger partial charge on any atom is 0.242 e. The van der Waals surface area contributed by atoms with Crippen molar-refractivity contribution in [2.75, 3.05) is 12.8 Å². The van der Waals surface area contributed by atoms with Gasteiger partial charge in [-0.25, -0.2) is 13.1 Å². The topological polar surface area (TPSA) is 72.2 Å². The van der Waals surface area contributed by atoms with Gasteiger partial charge in [-0.2, -0.15) is 0 Å². The van der Waals surface area contributed by atoms with E-state index in [1.807, 2.05) is 0 Å². The van der Waals surface area contributed by atoms with Gasteiger partial charge in [-0.05, 0) is 25.2 Å². The van der Waals surface area contributed by atoms with Crippen LogP contribution in [0.3, 0.4) is 0 Å². The van der Waals surface area contributed by atoms with Gasteiger partial charge in [-0.3, -0.25) is 0 Å². The van der Waals surface area contributed by atoms with E-state index in [0.717, 1.165) is 4.47 Å². The second kappa shape index (κ2) is 3.65. The Morgan fingerprint density at radius 3 is 2.54 bits per heavy atom. The van der Waals surface area contributed by atoms with Gasteiger partial charge in [0.2, 0.25) is 10.0 Å². The predicted octanol–water partition coefficient (Wildman–Crippen LogP) is 0.939. The first kappa shape index (κ1) is 10.5. The van der Waals surface area contributed by atoms with E-state index in [4.69, 9.17) is 5.73 Å². The highest BCUT2D eigenvalue weighted by Gasteiger charge is 2.14. The number of nitrogens with one attached hydrogen (secondary N) is 1. The molecule has 0 bridgehead atoms. The van der Waals surface area contributed by atoms with Crippen molar-refractivity contribution in [2.24, 2.45) is 0 Å². The van der Waals surface area contributed by atoms with Gasteiger partial charge in [0.05, 0.1) is 5.69 Å².